The largest absolute Gasteiger partial charge is 0.399 e. The number of anilines is 1. The van der Waals surface area contributed by atoms with Gasteiger partial charge in [0.15, 0.2) is 0 Å². The molecule has 0 bridgehead atoms. The lowest BCUT2D eigenvalue weighted by atomic mass is 10.1. The summed E-state index contributed by atoms with van der Waals surface area (Å²) in [6, 6.07) is 4.55. The van der Waals surface area contributed by atoms with E-state index in [1.54, 1.807) is 6.07 Å². The molecule has 21 heavy (non-hydrogen) atoms. The second kappa shape index (κ2) is 5.95. The topological polar surface area (TPSA) is 92.5 Å². The molecular weight excluding hydrogens is 270 g/mol. The lowest BCUT2D eigenvalue weighted by molar-refractivity contribution is -0.121. The van der Waals surface area contributed by atoms with Crippen molar-refractivity contribution in [2.24, 2.45) is 5.92 Å². The second-order valence-corrected chi connectivity index (χ2v) is 5.53. The number of nitrogens with two attached hydrogens (primary N) is 1. The number of rotatable bonds is 5. The summed E-state index contributed by atoms with van der Waals surface area (Å²) in [6.07, 6.45) is 0.852. The Bertz CT molecular complexity index is 596. The van der Waals surface area contributed by atoms with Crippen molar-refractivity contribution in [3.8, 4) is 0 Å². The summed E-state index contributed by atoms with van der Waals surface area (Å²) < 4.78 is 0. The van der Waals surface area contributed by atoms with Crippen LogP contribution in [0.3, 0.4) is 0 Å². The molecule has 112 valence electrons. The Hall–Kier alpha value is -2.37. The van der Waals surface area contributed by atoms with Gasteiger partial charge in [-0.05, 0) is 30.5 Å². The zero-order chi connectivity index (χ0) is 15.6. The Kier molecular flexibility index (Phi) is 4.26. The van der Waals surface area contributed by atoms with Gasteiger partial charge in [-0.2, -0.15) is 0 Å². The zero-order valence-electron chi connectivity index (χ0n) is 12.2. The molecule has 0 saturated heterocycles. The fourth-order valence-corrected chi connectivity index (χ4v) is 2.15. The van der Waals surface area contributed by atoms with Crippen molar-refractivity contribution in [1.29, 1.82) is 0 Å². The lowest BCUT2D eigenvalue weighted by Crippen LogP contribution is -2.40. The van der Waals surface area contributed by atoms with E-state index in [1.165, 1.54) is 12.1 Å². The van der Waals surface area contributed by atoms with Gasteiger partial charge in [0.2, 0.25) is 5.91 Å². The molecule has 0 aliphatic carbocycles. The minimum atomic E-state index is -0.471. The number of nitrogen functional groups attached to an aromatic ring is 1. The molecule has 1 aromatic rings. The Morgan fingerprint density at radius 1 is 1.24 bits per heavy atom. The minimum Gasteiger partial charge on any atom is -0.399 e. The van der Waals surface area contributed by atoms with E-state index in [9.17, 15) is 14.4 Å². The number of carbonyl (C=O) groups excluding carboxylic acids is 3. The lowest BCUT2D eigenvalue weighted by Gasteiger charge is -2.14. The summed E-state index contributed by atoms with van der Waals surface area (Å²) in [4.78, 5) is 37.0. The number of benzene rings is 1. The molecular formula is C15H19N3O3. The first-order valence-electron chi connectivity index (χ1n) is 6.92. The first-order valence-corrected chi connectivity index (χ1v) is 6.92. The maximum atomic E-state index is 12.1. The second-order valence-electron chi connectivity index (χ2n) is 5.53. The number of hydrogen-bond donors (Lipinski definition) is 2. The molecule has 1 heterocycles. The summed E-state index contributed by atoms with van der Waals surface area (Å²) in [7, 11) is 0. The van der Waals surface area contributed by atoms with Gasteiger partial charge < -0.3 is 11.1 Å². The van der Waals surface area contributed by atoms with Gasteiger partial charge in [-0.25, -0.2) is 0 Å². The first kappa shape index (κ1) is 15.0. The highest BCUT2D eigenvalue weighted by Gasteiger charge is 2.36. The number of carbonyl (C=O) groups is 3. The van der Waals surface area contributed by atoms with E-state index in [4.69, 9.17) is 5.73 Å². The van der Waals surface area contributed by atoms with E-state index in [-0.39, 0.29) is 18.0 Å². The Morgan fingerprint density at radius 2 is 1.90 bits per heavy atom. The van der Waals surface area contributed by atoms with Crippen LogP contribution >= 0.6 is 0 Å². The van der Waals surface area contributed by atoms with Crippen LogP contribution in [-0.4, -0.2) is 35.7 Å². The van der Waals surface area contributed by atoms with E-state index in [0.29, 0.717) is 23.7 Å². The SMILES string of the molecule is CC(C)CCNC(=O)CN1C(=O)c2ccc(N)cc2C1=O. The number of amides is 3. The minimum absolute atomic E-state index is 0.259. The molecule has 0 aromatic heterocycles. The van der Waals surface area contributed by atoms with Crippen molar-refractivity contribution in [1.82, 2.24) is 10.2 Å². The van der Waals surface area contributed by atoms with E-state index in [1.807, 2.05) is 0 Å². The molecule has 2 rings (SSSR count). The Labute approximate surface area is 123 Å². The molecule has 0 fully saturated rings. The van der Waals surface area contributed by atoms with Gasteiger partial charge in [-0.15, -0.1) is 0 Å². The van der Waals surface area contributed by atoms with Gasteiger partial charge in [0, 0.05) is 12.2 Å². The van der Waals surface area contributed by atoms with Crippen molar-refractivity contribution < 1.29 is 14.4 Å². The van der Waals surface area contributed by atoms with Crippen LogP contribution in [0.15, 0.2) is 18.2 Å². The third-order valence-electron chi connectivity index (χ3n) is 3.34. The molecule has 3 N–H and O–H groups in total. The molecule has 0 saturated carbocycles. The Morgan fingerprint density at radius 3 is 2.57 bits per heavy atom. The fourth-order valence-electron chi connectivity index (χ4n) is 2.15. The normalized spacial score (nSPS) is 13.8. The standard InChI is InChI=1S/C15H19N3O3/c1-9(2)5-6-17-13(19)8-18-14(20)11-4-3-10(16)7-12(11)15(18)21/h3-4,7,9H,5-6,8,16H2,1-2H3,(H,17,19). The van der Waals surface area contributed by atoms with Crippen molar-refractivity contribution in [3.05, 3.63) is 29.3 Å². The van der Waals surface area contributed by atoms with E-state index < -0.39 is 11.8 Å². The van der Waals surface area contributed by atoms with Crippen LogP contribution in [0.5, 0.6) is 0 Å². The maximum absolute atomic E-state index is 12.1. The average molecular weight is 289 g/mol. The highest BCUT2D eigenvalue weighted by molar-refractivity contribution is 6.22. The molecule has 6 nitrogen and oxygen atoms in total. The van der Waals surface area contributed by atoms with Crippen LogP contribution in [-0.2, 0) is 4.79 Å². The molecule has 0 radical (unpaired) electrons. The third kappa shape index (κ3) is 3.21. The first-order chi connectivity index (χ1) is 9.90. The molecule has 1 aliphatic rings. The highest BCUT2D eigenvalue weighted by Crippen LogP contribution is 2.24. The van der Waals surface area contributed by atoms with Gasteiger partial charge in [-0.1, -0.05) is 13.8 Å². The van der Waals surface area contributed by atoms with Crippen LogP contribution in [0.1, 0.15) is 41.0 Å². The van der Waals surface area contributed by atoms with Crippen LogP contribution < -0.4 is 11.1 Å². The van der Waals surface area contributed by atoms with Crippen molar-refractivity contribution >= 4 is 23.4 Å². The summed E-state index contributed by atoms with van der Waals surface area (Å²) >= 11 is 0. The molecule has 1 aromatic carbocycles. The number of hydrogen-bond acceptors (Lipinski definition) is 4. The van der Waals surface area contributed by atoms with Gasteiger partial charge in [0.1, 0.15) is 6.54 Å². The smallest absolute Gasteiger partial charge is 0.262 e. The predicted molar refractivity (Wildman–Crippen MR) is 78.7 cm³/mol. The Balaban J connectivity index is 2.01. The van der Waals surface area contributed by atoms with Crippen molar-refractivity contribution in [3.63, 3.8) is 0 Å². The monoisotopic (exact) mass is 289 g/mol. The molecule has 1 aliphatic heterocycles. The zero-order valence-corrected chi connectivity index (χ0v) is 12.2. The van der Waals surface area contributed by atoms with Crippen LogP contribution in [0.2, 0.25) is 0 Å². The van der Waals surface area contributed by atoms with Gasteiger partial charge in [0.25, 0.3) is 11.8 Å². The summed E-state index contributed by atoms with van der Waals surface area (Å²) in [5.74, 6) is -0.777. The number of nitrogens with one attached hydrogen (secondary N) is 1. The van der Waals surface area contributed by atoms with Gasteiger partial charge >= 0.3 is 0 Å². The molecule has 6 heteroatoms. The van der Waals surface area contributed by atoms with E-state index >= 15 is 0 Å². The third-order valence-corrected chi connectivity index (χ3v) is 3.34. The quantitative estimate of drug-likeness (QED) is 0.625. The maximum Gasteiger partial charge on any atom is 0.262 e. The average Bonchev–Trinajstić information content (AvgIpc) is 2.63. The molecule has 0 unspecified atom stereocenters. The van der Waals surface area contributed by atoms with Crippen LogP contribution in [0, 0.1) is 5.92 Å². The summed E-state index contributed by atoms with van der Waals surface area (Å²) in [6.45, 7) is 4.39. The number of nitrogens with zero attached hydrogens (tertiary/aromatic N) is 1. The molecule has 3 amide bonds. The number of imide groups is 1. The number of fused-ring (bicyclic) bond motifs is 1. The molecule has 0 spiro atoms. The van der Waals surface area contributed by atoms with Crippen molar-refractivity contribution in [2.75, 3.05) is 18.8 Å². The van der Waals surface area contributed by atoms with Crippen LogP contribution in [0.25, 0.3) is 0 Å². The van der Waals surface area contributed by atoms with Crippen molar-refractivity contribution in [2.45, 2.75) is 20.3 Å². The van der Waals surface area contributed by atoms with Gasteiger partial charge in [-0.3, -0.25) is 19.3 Å². The molecule has 0 atom stereocenters. The highest BCUT2D eigenvalue weighted by atomic mass is 16.2. The van der Waals surface area contributed by atoms with Crippen LogP contribution in [0.4, 0.5) is 5.69 Å². The van der Waals surface area contributed by atoms with E-state index in [2.05, 4.69) is 19.2 Å². The summed E-state index contributed by atoms with van der Waals surface area (Å²) in [5, 5.41) is 2.71. The predicted octanol–water partition coefficient (Wildman–Crippen LogP) is 1.03. The summed E-state index contributed by atoms with van der Waals surface area (Å²) in [5.41, 5.74) is 6.59. The van der Waals surface area contributed by atoms with Gasteiger partial charge in [0.05, 0.1) is 11.1 Å². The van der Waals surface area contributed by atoms with E-state index in [0.717, 1.165) is 11.3 Å². The fraction of sp³-hybridized carbons (Fsp3) is 0.400.